The smallest absolute Gasteiger partial charge is 0.238 e. The molecule has 0 bridgehead atoms. The van der Waals surface area contributed by atoms with E-state index >= 15 is 0 Å². The van der Waals surface area contributed by atoms with Gasteiger partial charge in [-0.15, -0.1) is 0 Å². The van der Waals surface area contributed by atoms with E-state index < -0.39 is 5.54 Å². The first kappa shape index (κ1) is 15.3. The molecular weight excluding hydrogens is 266 g/mol. The van der Waals surface area contributed by atoms with Gasteiger partial charge in [0.05, 0.1) is 6.10 Å². The number of nitrogens with one attached hydrogen (secondary N) is 1. The van der Waals surface area contributed by atoms with E-state index in [-0.39, 0.29) is 5.91 Å². The molecule has 0 radical (unpaired) electrons. The van der Waals surface area contributed by atoms with Crippen LogP contribution in [-0.2, 0) is 9.53 Å². The summed E-state index contributed by atoms with van der Waals surface area (Å²) in [5.74, 6) is 0.269. The molecule has 3 aliphatic rings. The van der Waals surface area contributed by atoms with E-state index in [9.17, 15) is 4.79 Å². The highest BCUT2D eigenvalue weighted by Gasteiger charge is 2.49. The van der Waals surface area contributed by atoms with E-state index in [0.29, 0.717) is 18.1 Å². The Bertz CT molecular complexity index is 386. The van der Waals surface area contributed by atoms with Crippen molar-refractivity contribution in [3.8, 4) is 0 Å². The van der Waals surface area contributed by atoms with E-state index in [2.05, 4.69) is 10.2 Å². The highest BCUT2D eigenvalue weighted by Crippen LogP contribution is 2.40. The second-order valence-corrected chi connectivity index (χ2v) is 7.08. The van der Waals surface area contributed by atoms with Crippen LogP contribution in [0.4, 0.5) is 0 Å². The van der Waals surface area contributed by atoms with Crippen LogP contribution < -0.4 is 11.1 Å². The van der Waals surface area contributed by atoms with Crippen molar-refractivity contribution in [2.45, 2.75) is 62.6 Å². The fraction of sp³-hybridized carbons (Fsp3) is 0.938. The first-order chi connectivity index (χ1) is 10.1. The van der Waals surface area contributed by atoms with Crippen LogP contribution in [0.2, 0.25) is 0 Å². The Labute approximate surface area is 127 Å². The lowest BCUT2D eigenvalue weighted by molar-refractivity contribution is -0.126. The third-order valence-corrected chi connectivity index (χ3v) is 5.66. The molecule has 0 aromatic heterocycles. The maximum absolute atomic E-state index is 12.1. The average molecular weight is 295 g/mol. The number of primary amides is 1. The summed E-state index contributed by atoms with van der Waals surface area (Å²) >= 11 is 0. The van der Waals surface area contributed by atoms with Gasteiger partial charge in [-0.1, -0.05) is 6.42 Å². The first-order valence-electron chi connectivity index (χ1n) is 8.47. The maximum Gasteiger partial charge on any atom is 0.238 e. The topological polar surface area (TPSA) is 67.6 Å². The Hall–Kier alpha value is -0.650. The number of nitrogens with two attached hydrogens (primary N) is 1. The zero-order chi connectivity index (χ0) is 14.9. The lowest BCUT2D eigenvalue weighted by Crippen LogP contribution is -2.59. The summed E-state index contributed by atoms with van der Waals surface area (Å²) in [4.78, 5) is 14.6. The normalized spacial score (nSPS) is 37.2. The summed E-state index contributed by atoms with van der Waals surface area (Å²) in [6.45, 7) is 3.21. The number of methoxy groups -OCH3 is 1. The van der Waals surface area contributed by atoms with E-state index in [0.717, 1.165) is 51.7 Å². The van der Waals surface area contributed by atoms with Crippen molar-refractivity contribution in [1.82, 2.24) is 10.2 Å². The Morgan fingerprint density at radius 1 is 1.38 bits per heavy atom. The van der Waals surface area contributed by atoms with Crippen molar-refractivity contribution >= 4 is 5.91 Å². The van der Waals surface area contributed by atoms with Crippen molar-refractivity contribution in [2.24, 2.45) is 11.7 Å². The molecule has 1 amide bonds. The molecule has 5 nitrogen and oxygen atoms in total. The second-order valence-electron chi connectivity index (χ2n) is 7.08. The molecule has 1 aliphatic heterocycles. The number of carbonyl (C=O) groups is 1. The standard InChI is InChI=1S/C16H29N3O2/c1-21-14-7-10-19(11-14)9-6-12-3-2-8-16(12,15(17)20)18-13-4-5-13/h12-14,18H,2-11H2,1H3,(H2,17,20). The molecule has 21 heavy (non-hydrogen) atoms. The van der Waals surface area contributed by atoms with E-state index in [1.165, 1.54) is 12.8 Å². The fourth-order valence-electron chi connectivity index (χ4n) is 4.18. The number of nitrogens with zero attached hydrogens (tertiary/aromatic N) is 1. The van der Waals surface area contributed by atoms with Crippen LogP contribution in [0.15, 0.2) is 0 Å². The molecule has 0 aromatic carbocycles. The summed E-state index contributed by atoms with van der Waals surface area (Å²) in [5, 5.41) is 3.59. The quantitative estimate of drug-likeness (QED) is 0.731. The van der Waals surface area contributed by atoms with Crippen LogP contribution in [0.3, 0.4) is 0 Å². The number of rotatable bonds is 7. The van der Waals surface area contributed by atoms with E-state index in [1.807, 2.05) is 0 Å². The molecule has 120 valence electrons. The van der Waals surface area contributed by atoms with Crippen molar-refractivity contribution in [1.29, 1.82) is 0 Å². The molecule has 1 saturated heterocycles. The molecule has 3 N–H and O–H groups in total. The van der Waals surface area contributed by atoms with Gasteiger partial charge >= 0.3 is 0 Å². The summed E-state index contributed by atoms with van der Waals surface area (Å²) in [7, 11) is 1.79. The first-order valence-corrected chi connectivity index (χ1v) is 8.47. The molecule has 3 rings (SSSR count). The van der Waals surface area contributed by atoms with E-state index in [1.54, 1.807) is 7.11 Å². The molecule has 2 aliphatic carbocycles. The van der Waals surface area contributed by atoms with Gasteiger partial charge in [-0.3, -0.25) is 4.79 Å². The minimum absolute atomic E-state index is 0.131. The lowest BCUT2D eigenvalue weighted by Gasteiger charge is -2.34. The highest BCUT2D eigenvalue weighted by atomic mass is 16.5. The van der Waals surface area contributed by atoms with Gasteiger partial charge in [0.2, 0.25) is 5.91 Å². The molecule has 3 fully saturated rings. The van der Waals surface area contributed by atoms with Gasteiger partial charge in [0.25, 0.3) is 0 Å². The summed E-state index contributed by atoms with van der Waals surface area (Å²) < 4.78 is 5.43. The van der Waals surface area contributed by atoms with Gasteiger partial charge in [-0.05, 0) is 51.0 Å². The lowest BCUT2D eigenvalue weighted by atomic mass is 9.83. The molecule has 3 atom stereocenters. The SMILES string of the molecule is COC1CCN(CCC2CCCC2(NC2CC2)C(N)=O)C1. The fourth-order valence-corrected chi connectivity index (χ4v) is 4.18. The molecule has 0 aromatic rings. The van der Waals surface area contributed by atoms with E-state index in [4.69, 9.17) is 10.5 Å². The van der Waals surface area contributed by atoms with Crippen LogP contribution >= 0.6 is 0 Å². The minimum atomic E-state index is -0.429. The highest BCUT2D eigenvalue weighted by molar-refractivity contribution is 5.85. The van der Waals surface area contributed by atoms with Crippen molar-refractivity contribution in [3.05, 3.63) is 0 Å². The van der Waals surface area contributed by atoms with Gasteiger partial charge in [0.1, 0.15) is 5.54 Å². The van der Waals surface area contributed by atoms with Crippen molar-refractivity contribution in [3.63, 3.8) is 0 Å². The molecule has 2 saturated carbocycles. The monoisotopic (exact) mass is 295 g/mol. The zero-order valence-corrected chi connectivity index (χ0v) is 13.1. The molecular formula is C16H29N3O2. The largest absolute Gasteiger partial charge is 0.380 e. The molecule has 3 unspecified atom stereocenters. The number of hydrogen-bond acceptors (Lipinski definition) is 4. The zero-order valence-electron chi connectivity index (χ0n) is 13.1. The Balaban J connectivity index is 1.56. The molecule has 1 heterocycles. The number of likely N-dealkylation sites (tertiary alicyclic amines) is 1. The molecule has 5 heteroatoms. The van der Waals surface area contributed by atoms with Gasteiger partial charge in [0.15, 0.2) is 0 Å². The van der Waals surface area contributed by atoms with Crippen LogP contribution in [0.25, 0.3) is 0 Å². The van der Waals surface area contributed by atoms with Gasteiger partial charge in [-0.2, -0.15) is 0 Å². The summed E-state index contributed by atoms with van der Waals surface area (Å²) in [6.07, 6.45) is 8.15. The number of amides is 1. The molecule has 0 spiro atoms. The number of hydrogen-bond donors (Lipinski definition) is 2. The number of carbonyl (C=O) groups excluding carboxylic acids is 1. The van der Waals surface area contributed by atoms with Crippen LogP contribution in [0, 0.1) is 5.92 Å². The van der Waals surface area contributed by atoms with Crippen LogP contribution in [0.5, 0.6) is 0 Å². The third-order valence-electron chi connectivity index (χ3n) is 5.66. The summed E-state index contributed by atoms with van der Waals surface area (Å²) in [6, 6.07) is 0.530. The van der Waals surface area contributed by atoms with Crippen molar-refractivity contribution < 1.29 is 9.53 Å². The predicted octanol–water partition coefficient (Wildman–Crippen LogP) is 0.873. The van der Waals surface area contributed by atoms with Gasteiger partial charge < -0.3 is 20.7 Å². The number of ether oxygens (including phenoxy) is 1. The van der Waals surface area contributed by atoms with Gasteiger partial charge in [-0.25, -0.2) is 0 Å². The maximum atomic E-state index is 12.1. The average Bonchev–Trinajstić information content (AvgIpc) is 3.01. The van der Waals surface area contributed by atoms with Crippen molar-refractivity contribution in [2.75, 3.05) is 26.7 Å². The summed E-state index contributed by atoms with van der Waals surface area (Å²) in [5.41, 5.74) is 5.36. The predicted molar refractivity (Wildman–Crippen MR) is 81.9 cm³/mol. The Kier molecular flexibility index (Phi) is 4.52. The minimum Gasteiger partial charge on any atom is -0.380 e. The second kappa shape index (κ2) is 6.23. The van der Waals surface area contributed by atoms with Gasteiger partial charge in [0, 0.05) is 26.2 Å². The third kappa shape index (κ3) is 3.25. The van der Waals surface area contributed by atoms with Crippen LogP contribution in [0.1, 0.15) is 44.9 Å². The Morgan fingerprint density at radius 2 is 2.19 bits per heavy atom. The van der Waals surface area contributed by atoms with Crippen LogP contribution in [-0.4, -0.2) is 55.2 Å². The Morgan fingerprint density at radius 3 is 2.81 bits per heavy atom.